The Morgan fingerprint density at radius 1 is 1.13 bits per heavy atom. The number of carbonyl (C=O) groups is 2. The van der Waals surface area contributed by atoms with Gasteiger partial charge in [-0.2, -0.15) is 10.1 Å². The van der Waals surface area contributed by atoms with E-state index in [2.05, 4.69) is 26.0 Å². The van der Waals surface area contributed by atoms with Crippen molar-refractivity contribution in [1.82, 2.24) is 9.55 Å². The van der Waals surface area contributed by atoms with Gasteiger partial charge in [0.05, 0.1) is 0 Å². The van der Waals surface area contributed by atoms with Crippen LogP contribution in [0.5, 0.6) is 0 Å². The summed E-state index contributed by atoms with van der Waals surface area (Å²) >= 11 is 4.73. The smallest absolute Gasteiger partial charge is 0.245 e. The number of benzene rings is 1. The SMILES string of the molecule is CC(=O)N1N=C(c2ccc(Br)cc2)Sc2c1nc(C)n2C(C)=O. The van der Waals surface area contributed by atoms with Gasteiger partial charge < -0.3 is 0 Å². The van der Waals surface area contributed by atoms with Gasteiger partial charge in [0.15, 0.2) is 5.82 Å². The molecule has 1 aliphatic heterocycles. The predicted molar refractivity (Wildman–Crippen MR) is 93.0 cm³/mol. The van der Waals surface area contributed by atoms with Crippen LogP contribution in [0, 0.1) is 6.92 Å². The number of halogens is 1. The summed E-state index contributed by atoms with van der Waals surface area (Å²) in [5.74, 6) is 0.531. The molecule has 0 saturated carbocycles. The molecule has 2 aromatic rings. The number of aromatic nitrogens is 2. The van der Waals surface area contributed by atoms with Gasteiger partial charge in [-0.15, -0.1) is 0 Å². The van der Waals surface area contributed by atoms with E-state index in [1.807, 2.05) is 24.3 Å². The maximum atomic E-state index is 12.0. The van der Waals surface area contributed by atoms with Crippen LogP contribution in [0.1, 0.15) is 30.0 Å². The average molecular weight is 393 g/mol. The van der Waals surface area contributed by atoms with Crippen LogP contribution >= 0.6 is 27.7 Å². The van der Waals surface area contributed by atoms with Crippen molar-refractivity contribution in [3.8, 4) is 0 Å². The minimum absolute atomic E-state index is 0.149. The van der Waals surface area contributed by atoms with Gasteiger partial charge in [0, 0.05) is 23.9 Å². The first-order valence-electron chi connectivity index (χ1n) is 6.82. The van der Waals surface area contributed by atoms with Crippen LogP contribution in [0.15, 0.2) is 38.9 Å². The molecule has 3 rings (SSSR count). The van der Waals surface area contributed by atoms with Crippen molar-refractivity contribution in [2.75, 3.05) is 5.01 Å². The molecule has 23 heavy (non-hydrogen) atoms. The molecule has 118 valence electrons. The van der Waals surface area contributed by atoms with E-state index in [0.29, 0.717) is 21.7 Å². The molecule has 1 aromatic carbocycles. The summed E-state index contributed by atoms with van der Waals surface area (Å²) in [7, 11) is 0. The lowest BCUT2D eigenvalue weighted by molar-refractivity contribution is -0.116. The zero-order chi connectivity index (χ0) is 16.7. The molecule has 0 fully saturated rings. The number of amides is 1. The van der Waals surface area contributed by atoms with Crippen LogP contribution in [-0.2, 0) is 4.79 Å². The highest BCUT2D eigenvalue weighted by molar-refractivity contribution is 9.10. The molecular formula is C15H13BrN4O2S. The summed E-state index contributed by atoms with van der Waals surface area (Å²) in [6.07, 6.45) is 0. The molecule has 1 aliphatic rings. The third kappa shape index (κ3) is 2.84. The van der Waals surface area contributed by atoms with Gasteiger partial charge in [-0.1, -0.05) is 28.1 Å². The Bertz CT molecular complexity index is 842. The number of carbonyl (C=O) groups excluding carboxylic acids is 2. The minimum Gasteiger partial charge on any atom is -0.274 e. The van der Waals surface area contributed by atoms with Crippen molar-refractivity contribution in [2.24, 2.45) is 5.10 Å². The maximum Gasteiger partial charge on any atom is 0.245 e. The van der Waals surface area contributed by atoms with Crippen LogP contribution in [0.3, 0.4) is 0 Å². The van der Waals surface area contributed by atoms with Gasteiger partial charge in [0.25, 0.3) is 0 Å². The highest BCUT2D eigenvalue weighted by Gasteiger charge is 2.31. The molecule has 0 bridgehead atoms. The topological polar surface area (TPSA) is 67.6 Å². The number of hydrogen-bond donors (Lipinski definition) is 0. The largest absolute Gasteiger partial charge is 0.274 e. The molecule has 0 aliphatic carbocycles. The van der Waals surface area contributed by atoms with Crippen molar-refractivity contribution >= 4 is 50.4 Å². The Kier molecular flexibility index (Phi) is 4.11. The summed E-state index contributed by atoms with van der Waals surface area (Å²) in [4.78, 5) is 28.2. The van der Waals surface area contributed by atoms with Gasteiger partial charge in [-0.3, -0.25) is 14.2 Å². The summed E-state index contributed by atoms with van der Waals surface area (Å²) in [6, 6.07) is 7.61. The summed E-state index contributed by atoms with van der Waals surface area (Å²) in [5, 5.41) is 6.89. The number of aryl methyl sites for hydroxylation is 1. The number of nitrogens with zero attached hydrogens (tertiary/aromatic N) is 4. The minimum atomic E-state index is -0.255. The van der Waals surface area contributed by atoms with E-state index in [1.165, 1.54) is 35.2 Å². The lowest BCUT2D eigenvalue weighted by Gasteiger charge is -2.21. The Morgan fingerprint density at radius 3 is 2.35 bits per heavy atom. The van der Waals surface area contributed by atoms with E-state index in [9.17, 15) is 9.59 Å². The van der Waals surface area contributed by atoms with E-state index >= 15 is 0 Å². The van der Waals surface area contributed by atoms with Crippen LogP contribution in [-0.4, -0.2) is 26.4 Å². The fraction of sp³-hybridized carbons (Fsp3) is 0.200. The molecule has 0 atom stereocenters. The standard InChI is InChI=1S/C15H13BrN4O2S/c1-8-17-13-15(19(8)9(2)21)23-14(18-20(13)10(3)22)11-4-6-12(16)7-5-11/h4-7H,1-3H3. The fourth-order valence-corrected chi connectivity index (χ4v) is 3.68. The van der Waals surface area contributed by atoms with E-state index in [0.717, 1.165) is 10.0 Å². The molecule has 0 spiro atoms. The van der Waals surface area contributed by atoms with E-state index in [4.69, 9.17) is 0 Å². The van der Waals surface area contributed by atoms with Crippen LogP contribution in [0.25, 0.3) is 0 Å². The first-order chi connectivity index (χ1) is 10.9. The van der Waals surface area contributed by atoms with Gasteiger partial charge in [0.2, 0.25) is 11.8 Å². The second-order valence-electron chi connectivity index (χ2n) is 4.99. The molecule has 1 aromatic heterocycles. The average Bonchev–Trinajstić information content (AvgIpc) is 2.82. The first-order valence-corrected chi connectivity index (χ1v) is 8.43. The molecule has 1 amide bonds. The number of hydrogen-bond acceptors (Lipinski definition) is 5. The van der Waals surface area contributed by atoms with Crippen molar-refractivity contribution in [1.29, 1.82) is 0 Å². The number of imidazole rings is 1. The maximum absolute atomic E-state index is 12.0. The molecule has 0 radical (unpaired) electrons. The van der Waals surface area contributed by atoms with Crippen molar-refractivity contribution in [3.05, 3.63) is 40.1 Å². The fourth-order valence-electron chi connectivity index (χ4n) is 2.28. The van der Waals surface area contributed by atoms with E-state index < -0.39 is 0 Å². The second kappa shape index (κ2) is 5.93. The third-order valence-electron chi connectivity index (χ3n) is 3.27. The number of anilines is 1. The highest BCUT2D eigenvalue weighted by atomic mass is 79.9. The van der Waals surface area contributed by atoms with Crippen LogP contribution in [0.2, 0.25) is 0 Å². The summed E-state index contributed by atoms with van der Waals surface area (Å²) in [5.41, 5.74) is 0.865. The predicted octanol–water partition coefficient (Wildman–Crippen LogP) is 3.43. The zero-order valence-electron chi connectivity index (χ0n) is 12.7. The monoisotopic (exact) mass is 392 g/mol. The summed E-state index contributed by atoms with van der Waals surface area (Å²) < 4.78 is 2.46. The molecule has 2 heterocycles. The van der Waals surface area contributed by atoms with E-state index in [1.54, 1.807) is 6.92 Å². The zero-order valence-corrected chi connectivity index (χ0v) is 15.1. The Morgan fingerprint density at radius 2 is 1.78 bits per heavy atom. The Labute approximate surface area is 145 Å². The van der Waals surface area contributed by atoms with Crippen molar-refractivity contribution < 1.29 is 9.59 Å². The van der Waals surface area contributed by atoms with E-state index in [-0.39, 0.29) is 11.8 Å². The van der Waals surface area contributed by atoms with Gasteiger partial charge in [-0.25, -0.2) is 4.98 Å². The molecule has 0 N–H and O–H groups in total. The van der Waals surface area contributed by atoms with Crippen molar-refractivity contribution in [2.45, 2.75) is 25.8 Å². The van der Waals surface area contributed by atoms with Gasteiger partial charge >= 0.3 is 0 Å². The molecule has 0 saturated heterocycles. The van der Waals surface area contributed by atoms with Crippen LogP contribution in [0.4, 0.5) is 5.82 Å². The normalized spacial score (nSPS) is 13.6. The molecule has 8 heteroatoms. The number of rotatable bonds is 1. The number of thioether (sulfide) groups is 1. The highest BCUT2D eigenvalue weighted by Crippen LogP contribution is 2.38. The molecule has 0 unspecified atom stereocenters. The molecule has 6 nitrogen and oxygen atoms in total. The van der Waals surface area contributed by atoms with Crippen molar-refractivity contribution in [3.63, 3.8) is 0 Å². The third-order valence-corrected chi connectivity index (χ3v) is 4.87. The Balaban J connectivity index is 2.14. The second-order valence-corrected chi connectivity index (χ2v) is 6.88. The van der Waals surface area contributed by atoms with Crippen LogP contribution < -0.4 is 5.01 Å². The lowest BCUT2D eigenvalue weighted by Crippen LogP contribution is -2.28. The first kappa shape index (κ1) is 15.9. The lowest BCUT2D eigenvalue weighted by atomic mass is 10.2. The number of fused-ring (bicyclic) bond motifs is 1. The van der Waals surface area contributed by atoms with Gasteiger partial charge in [-0.05, 0) is 30.8 Å². The quantitative estimate of drug-likeness (QED) is 0.745. The summed E-state index contributed by atoms with van der Waals surface area (Å²) in [6.45, 7) is 4.63. The molecular weight excluding hydrogens is 380 g/mol. The Hall–Kier alpha value is -1.93. The number of hydrazone groups is 1. The van der Waals surface area contributed by atoms with Gasteiger partial charge in [0.1, 0.15) is 15.9 Å².